The lowest BCUT2D eigenvalue weighted by Crippen LogP contribution is -2.32. The summed E-state index contributed by atoms with van der Waals surface area (Å²) in [5.74, 6) is -0.516. The third-order valence-corrected chi connectivity index (χ3v) is 3.28. The number of carboxylic acid groups (broad SMARTS) is 1. The Morgan fingerprint density at radius 2 is 1.87 bits per heavy atom. The van der Waals surface area contributed by atoms with Crippen molar-refractivity contribution in [2.75, 3.05) is 0 Å². The molecule has 0 saturated carbocycles. The maximum Gasteiger partial charge on any atom is 0.320 e. The molecule has 0 saturated heterocycles. The summed E-state index contributed by atoms with van der Waals surface area (Å²) in [5.41, 5.74) is 6.74. The molecule has 120 valence electrons. The van der Waals surface area contributed by atoms with E-state index in [9.17, 15) is 14.9 Å². The second kappa shape index (κ2) is 7.37. The van der Waals surface area contributed by atoms with E-state index in [2.05, 4.69) is 0 Å². The number of aliphatic carboxylic acids is 1. The van der Waals surface area contributed by atoms with Crippen molar-refractivity contribution >= 4 is 11.7 Å². The number of ether oxygens (including phenoxy) is 1. The number of carbonyl (C=O) groups is 1. The molecule has 0 unspecified atom stereocenters. The van der Waals surface area contributed by atoms with Gasteiger partial charge in [-0.2, -0.15) is 0 Å². The van der Waals surface area contributed by atoms with Gasteiger partial charge in [-0.25, -0.2) is 0 Å². The van der Waals surface area contributed by atoms with Crippen LogP contribution in [0.3, 0.4) is 0 Å². The highest BCUT2D eigenvalue weighted by atomic mass is 16.6. The molecule has 0 aromatic heterocycles. The van der Waals surface area contributed by atoms with Crippen LogP contribution in [0.5, 0.6) is 5.75 Å². The van der Waals surface area contributed by atoms with E-state index in [0.29, 0.717) is 11.3 Å². The average Bonchev–Trinajstić information content (AvgIpc) is 2.54. The number of hydrogen-bond donors (Lipinski definition) is 2. The second-order valence-corrected chi connectivity index (χ2v) is 4.97. The van der Waals surface area contributed by atoms with Gasteiger partial charge in [0, 0.05) is 6.07 Å². The minimum Gasteiger partial charge on any atom is -0.489 e. The molecule has 7 nitrogen and oxygen atoms in total. The molecule has 0 bridgehead atoms. The summed E-state index contributed by atoms with van der Waals surface area (Å²) in [7, 11) is 0. The minimum atomic E-state index is -1.05. The van der Waals surface area contributed by atoms with E-state index in [1.165, 1.54) is 6.07 Å². The van der Waals surface area contributed by atoms with Crippen LogP contribution in [-0.4, -0.2) is 22.0 Å². The van der Waals surface area contributed by atoms with E-state index in [4.69, 9.17) is 15.6 Å². The van der Waals surface area contributed by atoms with Crippen molar-refractivity contribution in [2.24, 2.45) is 5.73 Å². The normalized spacial score (nSPS) is 11.7. The van der Waals surface area contributed by atoms with Crippen molar-refractivity contribution in [1.29, 1.82) is 0 Å². The molecule has 0 spiro atoms. The van der Waals surface area contributed by atoms with Gasteiger partial charge in [-0.3, -0.25) is 14.9 Å². The maximum absolute atomic E-state index is 10.9. The lowest BCUT2D eigenvalue weighted by Gasteiger charge is -2.09. The SMILES string of the molecule is N[C@H](Cc1ccc(OCc2ccccc2[N+](=O)[O-])cc1)C(=O)O. The Bertz CT molecular complexity index is 700. The first-order chi connectivity index (χ1) is 11.0. The lowest BCUT2D eigenvalue weighted by atomic mass is 10.1. The van der Waals surface area contributed by atoms with Gasteiger partial charge in [-0.1, -0.05) is 24.3 Å². The largest absolute Gasteiger partial charge is 0.489 e. The molecule has 0 aliphatic rings. The fourth-order valence-electron chi connectivity index (χ4n) is 2.04. The van der Waals surface area contributed by atoms with Crippen molar-refractivity contribution in [2.45, 2.75) is 19.1 Å². The summed E-state index contributed by atoms with van der Waals surface area (Å²) in [4.78, 5) is 21.2. The van der Waals surface area contributed by atoms with Gasteiger partial charge in [-0.05, 0) is 30.2 Å². The van der Waals surface area contributed by atoms with Crippen molar-refractivity contribution in [3.8, 4) is 5.75 Å². The summed E-state index contributed by atoms with van der Waals surface area (Å²) >= 11 is 0. The number of nitrogens with zero attached hydrogens (tertiary/aromatic N) is 1. The van der Waals surface area contributed by atoms with Crippen LogP contribution in [0.4, 0.5) is 5.69 Å². The quantitative estimate of drug-likeness (QED) is 0.597. The summed E-state index contributed by atoms with van der Waals surface area (Å²) in [5, 5.41) is 19.7. The summed E-state index contributed by atoms with van der Waals surface area (Å²) in [6.45, 7) is 0.0745. The number of nitro benzene ring substituents is 1. The average molecular weight is 316 g/mol. The highest BCUT2D eigenvalue weighted by Gasteiger charge is 2.13. The monoisotopic (exact) mass is 316 g/mol. The molecular formula is C16H16N2O5. The highest BCUT2D eigenvalue weighted by molar-refractivity contribution is 5.73. The number of benzene rings is 2. The predicted octanol–water partition coefficient (Wildman–Crippen LogP) is 2.13. The van der Waals surface area contributed by atoms with Crippen LogP contribution in [0.1, 0.15) is 11.1 Å². The van der Waals surface area contributed by atoms with Crippen molar-refractivity contribution in [3.05, 3.63) is 69.8 Å². The van der Waals surface area contributed by atoms with Gasteiger partial charge in [0.2, 0.25) is 0 Å². The Hall–Kier alpha value is -2.93. The van der Waals surface area contributed by atoms with Gasteiger partial charge in [-0.15, -0.1) is 0 Å². The van der Waals surface area contributed by atoms with E-state index >= 15 is 0 Å². The predicted molar refractivity (Wildman–Crippen MR) is 83.2 cm³/mol. The van der Waals surface area contributed by atoms with Gasteiger partial charge in [0.1, 0.15) is 18.4 Å². The zero-order chi connectivity index (χ0) is 16.8. The molecule has 23 heavy (non-hydrogen) atoms. The van der Waals surface area contributed by atoms with Gasteiger partial charge in [0.15, 0.2) is 0 Å². The highest BCUT2D eigenvalue weighted by Crippen LogP contribution is 2.21. The van der Waals surface area contributed by atoms with Crippen LogP contribution in [-0.2, 0) is 17.8 Å². The standard InChI is InChI=1S/C16H16N2O5/c17-14(16(19)20)9-11-5-7-13(8-6-11)23-10-12-3-1-2-4-15(12)18(21)22/h1-8,14H,9-10,17H2,(H,19,20)/t14-/m1/s1. The summed E-state index contributed by atoms with van der Waals surface area (Å²) in [6, 6.07) is 12.2. The number of nitrogens with two attached hydrogens (primary N) is 1. The van der Waals surface area contributed by atoms with E-state index in [-0.39, 0.29) is 18.7 Å². The number of rotatable bonds is 7. The Kier molecular flexibility index (Phi) is 5.27. The van der Waals surface area contributed by atoms with Crippen LogP contribution in [0.2, 0.25) is 0 Å². The molecule has 3 N–H and O–H groups in total. The molecule has 2 aromatic carbocycles. The third kappa shape index (κ3) is 4.52. The zero-order valence-corrected chi connectivity index (χ0v) is 12.2. The molecule has 0 aliphatic carbocycles. The van der Waals surface area contributed by atoms with E-state index < -0.39 is 16.9 Å². The van der Waals surface area contributed by atoms with E-state index in [0.717, 1.165) is 5.56 Å². The molecule has 2 rings (SSSR count). The summed E-state index contributed by atoms with van der Waals surface area (Å²) in [6.07, 6.45) is 0.222. The van der Waals surface area contributed by atoms with Crippen molar-refractivity contribution < 1.29 is 19.6 Å². The first kappa shape index (κ1) is 16.4. The molecule has 0 radical (unpaired) electrons. The molecule has 0 fully saturated rings. The molecule has 7 heteroatoms. The Balaban J connectivity index is 1.99. The Morgan fingerprint density at radius 1 is 1.22 bits per heavy atom. The molecular weight excluding hydrogens is 300 g/mol. The number of nitro groups is 1. The van der Waals surface area contributed by atoms with Crippen LogP contribution in [0.15, 0.2) is 48.5 Å². The van der Waals surface area contributed by atoms with E-state index in [1.807, 2.05) is 0 Å². The molecule has 0 amide bonds. The Labute approximate surface area is 132 Å². The first-order valence-corrected chi connectivity index (χ1v) is 6.90. The van der Waals surface area contributed by atoms with Gasteiger partial charge in [0.25, 0.3) is 5.69 Å². The van der Waals surface area contributed by atoms with Crippen molar-refractivity contribution in [1.82, 2.24) is 0 Å². The molecule has 1 atom stereocenters. The van der Waals surface area contributed by atoms with Crippen molar-refractivity contribution in [3.63, 3.8) is 0 Å². The van der Waals surface area contributed by atoms with Crippen LogP contribution < -0.4 is 10.5 Å². The van der Waals surface area contributed by atoms with Gasteiger partial charge in [0.05, 0.1) is 10.5 Å². The topological polar surface area (TPSA) is 116 Å². The maximum atomic E-state index is 10.9. The third-order valence-electron chi connectivity index (χ3n) is 3.28. The van der Waals surface area contributed by atoms with E-state index in [1.54, 1.807) is 42.5 Å². The zero-order valence-electron chi connectivity index (χ0n) is 12.2. The number of hydrogen-bond acceptors (Lipinski definition) is 5. The lowest BCUT2D eigenvalue weighted by molar-refractivity contribution is -0.385. The van der Waals surface area contributed by atoms with Gasteiger partial charge < -0.3 is 15.6 Å². The number of carboxylic acids is 1. The minimum absolute atomic E-state index is 0.0107. The smallest absolute Gasteiger partial charge is 0.320 e. The van der Waals surface area contributed by atoms with Crippen LogP contribution in [0, 0.1) is 10.1 Å². The molecule has 0 heterocycles. The number of para-hydroxylation sites is 1. The summed E-state index contributed by atoms with van der Waals surface area (Å²) < 4.78 is 5.54. The van der Waals surface area contributed by atoms with Gasteiger partial charge >= 0.3 is 5.97 Å². The Morgan fingerprint density at radius 3 is 2.48 bits per heavy atom. The fraction of sp³-hybridized carbons (Fsp3) is 0.188. The molecule has 0 aliphatic heterocycles. The van der Waals surface area contributed by atoms with Crippen LogP contribution in [0.25, 0.3) is 0 Å². The fourth-order valence-corrected chi connectivity index (χ4v) is 2.04. The van der Waals surface area contributed by atoms with Crippen LogP contribution >= 0.6 is 0 Å². The second-order valence-electron chi connectivity index (χ2n) is 4.97. The molecule has 2 aromatic rings. The first-order valence-electron chi connectivity index (χ1n) is 6.90.